The highest BCUT2D eigenvalue weighted by Crippen LogP contribution is 2.18. The lowest BCUT2D eigenvalue weighted by molar-refractivity contribution is 0.102. The van der Waals surface area contributed by atoms with Crippen molar-refractivity contribution in [2.45, 2.75) is 26.7 Å². The average Bonchev–Trinajstić information content (AvgIpc) is 2.40. The fourth-order valence-electron chi connectivity index (χ4n) is 2.15. The molecule has 0 saturated heterocycles. The number of carbonyl (C=O) groups is 1. The van der Waals surface area contributed by atoms with Crippen molar-refractivity contribution in [2.24, 2.45) is 0 Å². The number of hydrogen-bond donors (Lipinski definition) is 2. The van der Waals surface area contributed by atoms with E-state index >= 15 is 0 Å². The molecule has 0 fully saturated rings. The van der Waals surface area contributed by atoms with E-state index in [1.54, 1.807) is 12.1 Å². The molecule has 3 N–H and O–H groups in total. The molecule has 0 aliphatic carbocycles. The molecule has 0 unspecified atom stereocenters. The zero-order valence-electron chi connectivity index (χ0n) is 11.8. The van der Waals surface area contributed by atoms with Crippen LogP contribution in [0.2, 0.25) is 0 Å². The van der Waals surface area contributed by atoms with Crippen molar-refractivity contribution in [1.29, 1.82) is 0 Å². The number of hydrogen-bond acceptors (Lipinski definition) is 3. The van der Waals surface area contributed by atoms with E-state index in [-0.39, 0.29) is 5.91 Å². The van der Waals surface area contributed by atoms with Crippen molar-refractivity contribution in [3.05, 3.63) is 53.2 Å². The molecule has 0 aliphatic heterocycles. The number of carbonyl (C=O) groups excluding carboxylic acids is 1. The highest BCUT2D eigenvalue weighted by Gasteiger charge is 2.10. The molecule has 2 aromatic rings. The first-order valence-corrected chi connectivity index (χ1v) is 6.73. The molecule has 1 aromatic heterocycles. The first-order chi connectivity index (χ1) is 9.60. The topological polar surface area (TPSA) is 68.0 Å². The summed E-state index contributed by atoms with van der Waals surface area (Å²) in [6.07, 6.45) is 1.97. The Kier molecular flexibility index (Phi) is 4.35. The Morgan fingerprint density at radius 1 is 1.30 bits per heavy atom. The smallest absolute Gasteiger partial charge is 0.255 e. The minimum Gasteiger partial charge on any atom is -0.384 e. The molecule has 0 atom stereocenters. The second kappa shape index (κ2) is 6.19. The van der Waals surface area contributed by atoms with Gasteiger partial charge in [-0.3, -0.25) is 4.79 Å². The molecule has 1 amide bonds. The molecule has 0 radical (unpaired) electrons. The van der Waals surface area contributed by atoms with E-state index in [1.807, 2.05) is 31.2 Å². The van der Waals surface area contributed by atoms with E-state index in [2.05, 4.69) is 17.2 Å². The van der Waals surface area contributed by atoms with Crippen LogP contribution >= 0.6 is 0 Å². The Bertz CT molecular complexity index is 603. The summed E-state index contributed by atoms with van der Waals surface area (Å²) in [6.45, 7) is 3.93. The minimum atomic E-state index is -0.161. The van der Waals surface area contributed by atoms with Gasteiger partial charge in [-0.1, -0.05) is 31.5 Å². The van der Waals surface area contributed by atoms with Crippen LogP contribution in [0.5, 0.6) is 0 Å². The highest BCUT2D eigenvalue weighted by atomic mass is 16.1. The van der Waals surface area contributed by atoms with Crippen molar-refractivity contribution in [1.82, 2.24) is 4.98 Å². The van der Waals surface area contributed by atoms with Crippen LogP contribution in [-0.2, 0) is 6.42 Å². The van der Waals surface area contributed by atoms with Crippen LogP contribution in [0.3, 0.4) is 0 Å². The first kappa shape index (κ1) is 14.1. The van der Waals surface area contributed by atoms with Gasteiger partial charge in [0.25, 0.3) is 5.91 Å². The molecule has 4 nitrogen and oxygen atoms in total. The van der Waals surface area contributed by atoms with Gasteiger partial charge in [-0.05, 0) is 37.1 Å². The van der Waals surface area contributed by atoms with Gasteiger partial charge < -0.3 is 11.1 Å². The summed E-state index contributed by atoms with van der Waals surface area (Å²) in [4.78, 5) is 16.3. The van der Waals surface area contributed by atoms with Crippen LogP contribution in [0.4, 0.5) is 11.5 Å². The van der Waals surface area contributed by atoms with E-state index in [1.165, 1.54) is 0 Å². The SMILES string of the molecule is CCCc1ccccc1NC(=O)c1cc(C)nc(N)c1. The molecular weight excluding hydrogens is 250 g/mol. The molecule has 20 heavy (non-hydrogen) atoms. The summed E-state index contributed by atoms with van der Waals surface area (Å²) in [7, 11) is 0. The molecule has 0 spiro atoms. The Hall–Kier alpha value is -2.36. The second-order valence-electron chi connectivity index (χ2n) is 4.78. The van der Waals surface area contributed by atoms with E-state index in [0.717, 1.165) is 29.8 Å². The second-order valence-corrected chi connectivity index (χ2v) is 4.78. The number of para-hydroxylation sites is 1. The first-order valence-electron chi connectivity index (χ1n) is 6.73. The van der Waals surface area contributed by atoms with Crippen LogP contribution in [0.15, 0.2) is 36.4 Å². The number of amides is 1. The van der Waals surface area contributed by atoms with Crippen molar-refractivity contribution >= 4 is 17.4 Å². The van der Waals surface area contributed by atoms with Crippen LogP contribution in [0.1, 0.15) is 35.0 Å². The Morgan fingerprint density at radius 3 is 2.75 bits per heavy atom. The van der Waals surface area contributed by atoms with Crippen molar-refractivity contribution in [3.8, 4) is 0 Å². The van der Waals surface area contributed by atoms with Gasteiger partial charge in [0.05, 0.1) is 0 Å². The van der Waals surface area contributed by atoms with Gasteiger partial charge in [-0.25, -0.2) is 4.98 Å². The van der Waals surface area contributed by atoms with Gasteiger partial charge in [-0.15, -0.1) is 0 Å². The Morgan fingerprint density at radius 2 is 2.05 bits per heavy atom. The summed E-state index contributed by atoms with van der Waals surface area (Å²) in [5.74, 6) is 0.197. The number of pyridine rings is 1. The third-order valence-electron chi connectivity index (χ3n) is 3.02. The quantitative estimate of drug-likeness (QED) is 0.895. The number of anilines is 2. The predicted octanol–water partition coefficient (Wildman–Crippen LogP) is 3.18. The number of nitrogen functional groups attached to an aromatic ring is 1. The summed E-state index contributed by atoms with van der Waals surface area (Å²) in [5, 5.41) is 2.94. The highest BCUT2D eigenvalue weighted by molar-refractivity contribution is 6.05. The van der Waals surface area contributed by atoms with Crippen molar-refractivity contribution in [3.63, 3.8) is 0 Å². The number of nitrogens with zero attached hydrogens (tertiary/aromatic N) is 1. The largest absolute Gasteiger partial charge is 0.384 e. The van der Waals surface area contributed by atoms with Crippen molar-refractivity contribution < 1.29 is 4.79 Å². The molecule has 104 valence electrons. The normalized spacial score (nSPS) is 10.3. The lowest BCUT2D eigenvalue weighted by Crippen LogP contribution is -2.14. The van der Waals surface area contributed by atoms with Gasteiger partial charge in [-0.2, -0.15) is 0 Å². The van der Waals surface area contributed by atoms with Crippen LogP contribution in [0.25, 0.3) is 0 Å². The van der Waals surface area contributed by atoms with Crippen LogP contribution < -0.4 is 11.1 Å². The molecule has 1 heterocycles. The molecule has 0 aliphatic rings. The third-order valence-corrected chi connectivity index (χ3v) is 3.02. The number of nitrogens with one attached hydrogen (secondary N) is 1. The molecule has 1 aromatic carbocycles. The number of aromatic nitrogens is 1. The van der Waals surface area contributed by atoms with Gasteiger partial charge in [0.1, 0.15) is 5.82 Å². The molecule has 0 saturated carbocycles. The van der Waals surface area contributed by atoms with E-state index in [4.69, 9.17) is 5.73 Å². The summed E-state index contributed by atoms with van der Waals surface area (Å²) in [6, 6.07) is 11.2. The maximum atomic E-state index is 12.3. The number of aryl methyl sites for hydroxylation is 2. The van der Waals surface area contributed by atoms with Gasteiger partial charge in [0.15, 0.2) is 0 Å². The summed E-state index contributed by atoms with van der Waals surface area (Å²) in [5.41, 5.74) is 8.93. The van der Waals surface area contributed by atoms with Crippen LogP contribution in [-0.4, -0.2) is 10.9 Å². The van der Waals surface area contributed by atoms with Gasteiger partial charge in [0, 0.05) is 16.9 Å². The zero-order valence-corrected chi connectivity index (χ0v) is 11.8. The fraction of sp³-hybridized carbons (Fsp3) is 0.250. The monoisotopic (exact) mass is 269 g/mol. The van der Waals surface area contributed by atoms with Gasteiger partial charge >= 0.3 is 0 Å². The Balaban J connectivity index is 2.23. The molecular formula is C16H19N3O. The zero-order chi connectivity index (χ0) is 14.5. The van der Waals surface area contributed by atoms with E-state index in [9.17, 15) is 4.79 Å². The third kappa shape index (κ3) is 3.35. The van der Waals surface area contributed by atoms with Gasteiger partial charge in [0.2, 0.25) is 0 Å². The number of rotatable bonds is 4. The summed E-state index contributed by atoms with van der Waals surface area (Å²) < 4.78 is 0. The molecule has 0 bridgehead atoms. The predicted molar refractivity (Wildman–Crippen MR) is 81.8 cm³/mol. The maximum Gasteiger partial charge on any atom is 0.255 e. The molecule has 2 rings (SSSR count). The number of benzene rings is 1. The standard InChI is InChI=1S/C16H19N3O/c1-3-6-12-7-4-5-8-14(12)19-16(20)13-9-11(2)18-15(17)10-13/h4-5,7-10H,3,6H2,1-2H3,(H2,17,18)(H,19,20). The van der Waals surface area contributed by atoms with E-state index in [0.29, 0.717) is 11.4 Å². The minimum absolute atomic E-state index is 0.161. The average molecular weight is 269 g/mol. The molecule has 4 heteroatoms. The lowest BCUT2D eigenvalue weighted by atomic mass is 10.1. The lowest BCUT2D eigenvalue weighted by Gasteiger charge is -2.11. The summed E-state index contributed by atoms with van der Waals surface area (Å²) >= 11 is 0. The van der Waals surface area contributed by atoms with E-state index < -0.39 is 0 Å². The maximum absolute atomic E-state index is 12.3. The van der Waals surface area contributed by atoms with Crippen LogP contribution in [0, 0.1) is 6.92 Å². The number of nitrogens with two attached hydrogens (primary N) is 1. The fourth-order valence-corrected chi connectivity index (χ4v) is 2.15. The van der Waals surface area contributed by atoms with Crippen molar-refractivity contribution in [2.75, 3.05) is 11.1 Å². The Labute approximate surface area is 119 Å².